The number of rotatable bonds is 0. The van der Waals surface area contributed by atoms with Crippen molar-refractivity contribution in [3.05, 3.63) is 7.05 Å². The summed E-state index contributed by atoms with van der Waals surface area (Å²) in [6, 6.07) is 0. The minimum Gasteiger partial charge on any atom is -0.369 e. The van der Waals surface area contributed by atoms with Gasteiger partial charge in [0.15, 0.2) is 0 Å². The van der Waals surface area contributed by atoms with E-state index in [4.69, 9.17) is 12.2 Å². The number of nitrogens with one attached hydrogen (secondary N) is 1. The van der Waals surface area contributed by atoms with Crippen LogP contribution in [0.15, 0.2) is 0 Å². The predicted octanol–water partition coefficient (Wildman–Crippen LogP) is 2.18. The molecule has 0 heterocycles. The lowest BCUT2D eigenvalue weighted by molar-refractivity contribution is 0.808. The zero-order valence-electron chi connectivity index (χ0n) is 6.02. The van der Waals surface area contributed by atoms with Gasteiger partial charge < -0.3 is 5.32 Å². The van der Waals surface area contributed by atoms with Crippen molar-refractivity contribution in [2.45, 2.75) is 25.5 Å². The normalized spacial score (nSPS) is 11.1. The van der Waals surface area contributed by atoms with Gasteiger partial charge in [0.2, 0.25) is 0 Å². The first kappa shape index (κ1) is 9.24. The summed E-state index contributed by atoms with van der Waals surface area (Å²) in [5.41, 5.74) is 0. The van der Waals surface area contributed by atoms with Crippen LogP contribution in [0.5, 0.6) is 0 Å². The van der Waals surface area contributed by atoms with E-state index >= 15 is 0 Å². The van der Waals surface area contributed by atoms with Crippen molar-refractivity contribution >= 4 is 28.3 Å². The first-order valence-electron chi connectivity index (χ1n) is 2.72. The molecular weight excluding hydrogens is 150 g/mol. The third kappa shape index (κ3) is 6.12. The first-order chi connectivity index (χ1) is 3.95. The molecule has 0 fully saturated rings. The smallest absolute Gasteiger partial charge is 0.134 e. The van der Waals surface area contributed by atoms with Gasteiger partial charge in [0.1, 0.15) is 4.32 Å². The molecule has 0 aromatic heterocycles. The molecule has 0 aliphatic carbocycles. The van der Waals surface area contributed by atoms with E-state index in [0.29, 0.717) is 0 Å². The minimum absolute atomic E-state index is 0.196. The zero-order chi connectivity index (χ0) is 7.49. The van der Waals surface area contributed by atoms with E-state index in [2.05, 4.69) is 33.1 Å². The van der Waals surface area contributed by atoms with Crippen LogP contribution >= 0.6 is 24.0 Å². The average molecular weight is 162 g/mol. The van der Waals surface area contributed by atoms with E-state index < -0.39 is 0 Å². The van der Waals surface area contributed by atoms with Crippen LogP contribution in [0.4, 0.5) is 0 Å². The molecule has 0 spiro atoms. The molecule has 0 saturated carbocycles. The van der Waals surface area contributed by atoms with E-state index in [1.807, 2.05) is 0 Å². The number of thioether (sulfide) groups is 1. The molecule has 1 nitrogen and oxygen atoms in total. The Balaban J connectivity index is 3.60. The summed E-state index contributed by atoms with van der Waals surface area (Å²) < 4.78 is 0.949. The second-order valence-electron chi connectivity index (χ2n) is 2.68. The van der Waals surface area contributed by atoms with Crippen molar-refractivity contribution in [2.75, 3.05) is 0 Å². The van der Waals surface area contributed by atoms with E-state index in [0.717, 1.165) is 4.32 Å². The standard InChI is InChI=1S/C6H12NS2/c1-6(2,3)9-5(8)7-4/h4H2,1-3H3,(H,7,8). The van der Waals surface area contributed by atoms with Crippen LogP contribution in [0, 0.1) is 7.05 Å². The maximum atomic E-state index is 4.89. The van der Waals surface area contributed by atoms with Gasteiger partial charge in [-0.15, -0.1) is 0 Å². The van der Waals surface area contributed by atoms with E-state index in [-0.39, 0.29) is 4.75 Å². The zero-order valence-corrected chi connectivity index (χ0v) is 7.66. The summed E-state index contributed by atoms with van der Waals surface area (Å²) in [5, 5.41) is 2.67. The summed E-state index contributed by atoms with van der Waals surface area (Å²) in [6.45, 7) is 6.34. The maximum Gasteiger partial charge on any atom is 0.134 e. The van der Waals surface area contributed by atoms with Gasteiger partial charge in [-0.2, -0.15) is 0 Å². The summed E-state index contributed by atoms with van der Waals surface area (Å²) in [4.78, 5) is 0. The SMILES string of the molecule is [CH2]NC(=S)SC(C)(C)C. The quantitative estimate of drug-likeness (QED) is 0.548. The van der Waals surface area contributed by atoms with Crippen LogP contribution < -0.4 is 5.32 Å². The Bertz CT molecular complexity index is 104. The lowest BCUT2D eigenvalue weighted by Crippen LogP contribution is -2.17. The van der Waals surface area contributed by atoms with Gasteiger partial charge in [0, 0.05) is 11.8 Å². The Hall–Kier alpha value is 0.240. The third-order valence-electron chi connectivity index (χ3n) is 0.543. The van der Waals surface area contributed by atoms with Crippen molar-refractivity contribution in [2.24, 2.45) is 0 Å². The van der Waals surface area contributed by atoms with Gasteiger partial charge in [-0.1, -0.05) is 44.8 Å². The maximum absolute atomic E-state index is 4.89. The highest BCUT2D eigenvalue weighted by Gasteiger charge is 2.12. The molecule has 0 unspecified atom stereocenters. The van der Waals surface area contributed by atoms with Crippen molar-refractivity contribution in [1.29, 1.82) is 0 Å². The molecular formula is C6H12NS2. The number of thiocarbonyl (C=S) groups is 1. The Morgan fingerprint density at radius 3 is 2.11 bits per heavy atom. The van der Waals surface area contributed by atoms with Gasteiger partial charge >= 0.3 is 0 Å². The second kappa shape index (κ2) is 3.42. The number of hydrogen-bond donors (Lipinski definition) is 1. The van der Waals surface area contributed by atoms with Crippen LogP contribution in [-0.4, -0.2) is 9.07 Å². The molecule has 0 aromatic carbocycles. The Labute approximate surface area is 66.6 Å². The van der Waals surface area contributed by atoms with Crippen LogP contribution in [0.2, 0.25) is 0 Å². The highest BCUT2D eigenvalue weighted by molar-refractivity contribution is 8.23. The van der Waals surface area contributed by atoms with E-state index in [1.165, 1.54) is 0 Å². The van der Waals surface area contributed by atoms with Gasteiger partial charge in [0.05, 0.1) is 0 Å². The van der Waals surface area contributed by atoms with Gasteiger partial charge in [-0.3, -0.25) is 0 Å². The summed E-state index contributed by atoms with van der Waals surface area (Å²) in [7, 11) is 3.46. The summed E-state index contributed by atoms with van der Waals surface area (Å²) in [5.74, 6) is 0. The highest BCUT2D eigenvalue weighted by atomic mass is 32.2. The van der Waals surface area contributed by atoms with Crippen molar-refractivity contribution in [3.63, 3.8) is 0 Å². The Kier molecular flexibility index (Phi) is 3.51. The van der Waals surface area contributed by atoms with Crippen LogP contribution in [0.1, 0.15) is 20.8 Å². The summed E-state index contributed by atoms with van der Waals surface area (Å²) >= 11 is 6.51. The third-order valence-corrected chi connectivity index (χ3v) is 1.88. The van der Waals surface area contributed by atoms with Gasteiger partial charge in [-0.05, 0) is 0 Å². The van der Waals surface area contributed by atoms with Crippen molar-refractivity contribution < 1.29 is 0 Å². The van der Waals surface area contributed by atoms with Crippen molar-refractivity contribution in [1.82, 2.24) is 5.32 Å². The highest BCUT2D eigenvalue weighted by Crippen LogP contribution is 2.23. The monoisotopic (exact) mass is 162 g/mol. The first-order valence-corrected chi connectivity index (χ1v) is 3.94. The molecule has 1 N–H and O–H groups in total. The largest absolute Gasteiger partial charge is 0.369 e. The molecule has 9 heavy (non-hydrogen) atoms. The lowest BCUT2D eigenvalue weighted by atomic mass is 10.3. The number of hydrogen-bond acceptors (Lipinski definition) is 2. The van der Waals surface area contributed by atoms with E-state index in [1.54, 1.807) is 11.8 Å². The lowest BCUT2D eigenvalue weighted by Gasteiger charge is -2.16. The Morgan fingerprint density at radius 2 is 2.00 bits per heavy atom. The molecule has 53 valence electrons. The molecule has 0 rings (SSSR count). The van der Waals surface area contributed by atoms with E-state index in [9.17, 15) is 0 Å². The van der Waals surface area contributed by atoms with Crippen LogP contribution in [0.3, 0.4) is 0 Å². The van der Waals surface area contributed by atoms with Gasteiger partial charge in [0.25, 0.3) is 0 Å². The fourth-order valence-electron chi connectivity index (χ4n) is 0.314. The molecule has 0 aliphatic heterocycles. The average Bonchev–Trinajstić information content (AvgIpc) is 1.62. The molecule has 0 aliphatic rings. The molecule has 0 bridgehead atoms. The van der Waals surface area contributed by atoms with Gasteiger partial charge in [-0.25, -0.2) is 0 Å². The van der Waals surface area contributed by atoms with Crippen molar-refractivity contribution in [3.8, 4) is 0 Å². The summed E-state index contributed by atoms with van der Waals surface area (Å²) in [6.07, 6.45) is 0. The molecule has 1 radical (unpaired) electrons. The molecule has 0 amide bonds. The molecule has 3 heteroatoms. The minimum atomic E-state index is 0.196. The second-order valence-corrected chi connectivity index (χ2v) is 5.18. The fraction of sp³-hybridized carbons (Fsp3) is 0.667. The molecule has 0 saturated heterocycles. The fourth-order valence-corrected chi connectivity index (χ4v) is 1.69. The molecule has 0 atom stereocenters. The van der Waals surface area contributed by atoms with Crippen LogP contribution in [0.25, 0.3) is 0 Å². The Morgan fingerprint density at radius 1 is 1.56 bits per heavy atom. The topological polar surface area (TPSA) is 12.0 Å². The van der Waals surface area contributed by atoms with Crippen LogP contribution in [-0.2, 0) is 0 Å². The predicted molar refractivity (Wildman–Crippen MR) is 48.4 cm³/mol. The molecule has 0 aromatic rings.